The van der Waals surface area contributed by atoms with E-state index in [0.29, 0.717) is 62.6 Å². The molecule has 1 saturated carbocycles. The van der Waals surface area contributed by atoms with Gasteiger partial charge in [-0.05, 0) is 49.3 Å². The molecule has 1 aliphatic carbocycles. The fourth-order valence-corrected chi connectivity index (χ4v) is 5.87. The first-order valence-corrected chi connectivity index (χ1v) is 12.3. The smallest absolute Gasteiger partial charge is 0.220 e. The molecule has 2 saturated heterocycles. The Morgan fingerprint density at radius 2 is 2.03 bits per heavy atom. The first-order chi connectivity index (χ1) is 15.2. The van der Waals surface area contributed by atoms with Crippen LogP contribution in [0.15, 0.2) is 18.2 Å². The van der Waals surface area contributed by atoms with Crippen LogP contribution in [0.4, 0.5) is 10.1 Å². The molecule has 32 heavy (non-hydrogen) atoms. The first kappa shape index (κ1) is 23.5. The van der Waals surface area contributed by atoms with Gasteiger partial charge in [-0.25, -0.2) is 4.39 Å². The van der Waals surface area contributed by atoms with Gasteiger partial charge in [0.1, 0.15) is 5.82 Å². The zero-order valence-corrected chi connectivity index (χ0v) is 20.0. The second kappa shape index (κ2) is 9.68. The lowest BCUT2D eigenvalue weighted by Crippen LogP contribution is -2.60. The normalized spacial score (nSPS) is 33.1. The van der Waals surface area contributed by atoms with Crippen LogP contribution >= 0.6 is 0 Å². The number of hydrogen-bond acceptors (Lipinski definition) is 4. The molecule has 1 aromatic carbocycles. The van der Waals surface area contributed by atoms with Crippen LogP contribution in [0.3, 0.4) is 0 Å². The van der Waals surface area contributed by atoms with E-state index >= 15 is 4.39 Å². The lowest BCUT2D eigenvalue weighted by Gasteiger charge is -2.52. The van der Waals surface area contributed by atoms with Gasteiger partial charge >= 0.3 is 0 Å². The van der Waals surface area contributed by atoms with E-state index in [1.807, 2.05) is 17.0 Å². The van der Waals surface area contributed by atoms with E-state index < -0.39 is 0 Å². The number of fused-ring (bicyclic) bond motifs is 1. The van der Waals surface area contributed by atoms with Gasteiger partial charge < -0.3 is 19.7 Å². The van der Waals surface area contributed by atoms with Crippen molar-refractivity contribution in [1.29, 1.82) is 0 Å². The van der Waals surface area contributed by atoms with Crippen molar-refractivity contribution in [3.63, 3.8) is 0 Å². The highest BCUT2D eigenvalue weighted by Crippen LogP contribution is 2.48. The van der Waals surface area contributed by atoms with Gasteiger partial charge in [0, 0.05) is 37.4 Å². The molecule has 5 atom stereocenters. The van der Waals surface area contributed by atoms with Gasteiger partial charge in [0.2, 0.25) is 5.91 Å². The largest absolute Gasteiger partial charge is 0.378 e. The minimum absolute atomic E-state index is 0.0869. The summed E-state index contributed by atoms with van der Waals surface area (Å²) in [6.07, 6.45) is 4.27. The Morgan fingerprint density at radius 1 is 1.28 bits per heavy atom. The van der Waals surface area contributed by atoms with Crippen LogP contribution in [0.5, 0.6) is 0 Å². The van der Waals surface area contributed by atoms with E-state index in [1.165, 1.54) is 0 Å². The number of halogens is 1. The Bertz CT molecular complexity index is 810. The lowest BCUT2D eigenvalue weighted by molar-refractivity contribution is -0.154. The van der Waals surface area contributed by atoms with Crippen LogP contribution in [-0.4, -0.2) is 43.9 Å². The lowest BCUT2D eigenvalue weighted by atomic mass is 9.66. The molecule has 0 unspecified atom stereocenters. The van der Waals surface area contributed by atoms with Crippen molar-refractivity contribution in [1.82, 2.24) is 5.32 Å². The molecular formula is C26H39FN2O3. The van der Waals surface area contributed by atoms with E-state index in [-0.39, 0.29) is 29.5 Å². The summed E-state index contributed by atoms with van der Waals surface area (Å²) in [7, 11) is 0. The first-order valence-electron chi connectivity index (χ1n) is 12.3. The minimum Gasteiger partial charge on any atom is -0.378 e. The number of nitrogens with zero attached hydrogens (tertiary/aromatic N) is 1. The van der Waals surface area contributed by atoms with Crippen molar-refractivity contribution in [3.05, 3.63) is 29.6 Å². The Kier molecular flexibility index (Phi) is 7.11. The highest BCUT2D eigenvalue weighted by atomic mass is 19.1. The van der Waals surface area contributed by atoms with Crippen LogP contribution in [0.1, 0.15) is 71.5 Å². The summed E-state index contributed by atoms with van der Waals surface area (Å²) in [6.45, 7) is 11.2. The second-order valence-corrected chi connectivity index (χ2v) is 10.8. The van der Waals surface area contributed by atoms with Crippen molar-refractivity contribution in [2.75, 3.05) is 31.2 Å². The van der Waals surface area contributed by atoms with E-state index in [2.05, 4.69) is 33.0 Å². The highest BCUT2D eigenvalue weighted by Gasteiger charge is 2.49. The molecule has 3 aliphatic rings. The summed E-state index contributed by atoms with van der Waals surface area (Å²) in [4.78, 5) is 14.8. The van der Waals surface area contributed by atoms with Gasteiger partial charge in [-0.2, -0.15) is 0 Å². The SMILES string of the molecule is CC(C)CC(=O)N[C@]1(C)C[C@H](c2ccc(N3CCOCC3)c(F)c2)O[C@@H]2C[C@H](C)CC[C@H]21. The minimum atomic E-state index is -0.348. The molecule has 0 aromatic heterocycles. The van der Waals surface area contributed by atoms with Gasteiger partial charge in [0.15, 0.2) is 0 Å². The second-order valence-electron chi connectivity index (χ2n) is 10.8. The topological polar surface area (TPSA) is 50.8 Å². The molecule has 4 rings (SSSR count). The molecule has 1 aromatic rings. The fourth-order valence-electron chi connectivity index (χ4n) is 5.87. The van der Waals surface area contributed by atoms with Crippen LogP contribution in [0, 0.1) is 23.6 Å². The number of benzene rings is 1. The number of ether oxygens (including phenoxy) is 2. The maximum Gasteiger partial charge on any atom is 0.220 e. The molecule has 2 aliphatic heterocycles. The number of carbonyl (C=O) groups excluding carboxylic acids is 1. The predicted molar refractivity (Wildman–Crippen MR) is 124 cm³/mol. The molecule has 178 valence electrons. The molecule has 0 radical (unpaired) electrons. The van der Waals surface area contributed by atoms with Crippen molar-refractivity contribution in [2.24, 2.45) is 17.8 Å². The quantitative estimate of drug-likeness (QED) is 0.703. The maximum absolute atomic E-state index is 15.1. The molecule has 6 heteroatoms. The monoisotopic (exact) mass is 446 g/mol. The molecule has 1 N–H and O–H groups in total. The summed E-state index contributed by atoms with van der Waals surface area (Å²) < 4.78 is 27.1. The molecule has 5 nitrogen and oxygen atoms in total. The Morgan fingerprint density at radius 3 is 2.72 bits per heavy atom. The number of morpholine rings is 1. The van der Waals surface area contributed by atoms with E-state index in [0.717, 1.165) is 24.8 Å². The van der Waals surface area contributed by atoms with Gasteiger partial charge in [0.05, 0.1) is 31.1 Å². The number of anilines is 1. The molecule has 2 heterocycles. The average molecular weight is 447 g/mol. The predicted octanol–water partition coefficient (Wildman–Crippen LogP) is 4.85. The van der Waals surface area contributed by atoms with Crippen LogP contribution in [-0.2, 0) is 14.3 Å². The molecule has 0 bridgehead atoms. The molecular weight excluding hydrogens is 407 g/mol. The number of amides is 1. The van der Waals surface area contributed by atoms with Crippen molar-refractivity contribution in [2.45, 2.75) is 77.5 Å². The fraction of sp³-hybridized carbons (Fsp3) is 0.731. The Balaban J connectivity index is 1.57. The molecule has 3 fully saturated rings. The van der Waals surface area contributed by atoms with Gasteiger partial charge in [-0.1, -0.05) is 33.3 Å². The summed E-state index contributed by atoms with van der Waals surface area (Å²) in [5, 5.41) is 3.38. The average Bonchev–Trinajstić information content (AvgIpc) is 2.73. The van der Waals surface area contributed by atoms with E-state index in [9.17, 15) is 4.79 Å². The Labute approximate surface area is 192 Å². The third-order valence-electron chi connectivity index (χ3n) is 7.53. The summed E-state index contributed by atoms with van der Waals surface area (Å²) >= 11 is 0. The van der Waals surface area contributed by atoms with E-state index in [1.54, 1.807) is 6.07 Å². The van der Waals surface area contributed by atoms with Gasteiger partial charge in [-0.3, -0.25) is 4.79 Å². The zero-order chi connectivity index (χ0) is 22.9. The maximum atomic E-state index is 15.1. The standard InChI is InChI=1S/C26H39FN2O3/c1-17(2)13-25(30)28-26(4)16-24(32-23-14-18(3)5-7-20(23)26)19-6-8-22(21(27)15-19)29-9-11-31-12-10-29/h6,8,15,17-18,20,23-24H,5,7,9-14,16H2,1-4H3,(H,28,30)/t18-,20-,23-,24-,26-/m1/s1. The van der Waals surface area contributed by atoms with Gasteiger partial charge in [0.25, 0.3) is 0 Å². The van der Waals surface area contributed by atoms with Crippen LogP contribution in [0.2, 0.25) is 0 Å². The van der Waals surface area contributed by atoms with Crippen LogP contribution < -0.4 is 10.2 Å². The van der Waals surface area contributed by atoms with Crippen molar-refractivity contribution >= 4 is 11.6 Å². The molecule has 0 spiro atoms. The molecule has 1 amide bonds. The number of rotatable bonds is 5. The zero-order valence-electron chi connectivity index (χ0n) is 20.0. The summed E-state index contributed by atoms with van der Waals surface area (Å²) in [5.74, 6) is 1.11. The Hall–Kier alpha value is -1.66. The van der Waals surface area contributed by atoms with Crippen molar-refractivity contribution < 1.29 is 18.7 Å². The summed E-state index contributed by atoms with van der Waals surface area (Å²) in [6, 6.07) is 5.52. The highest BCUT2D eigenvalue weighted by molar-refractivity contribution is 5.77. The van der Waals surface area contributed by atoms with Crippen molar-refractivity contribution in [3.8, 4) is 0 Å². The number of hydrogen-bond donors (Lipinski definition) is 1. The number of nitrogens with one attached hydrogen (secondary N) is 1. The summed E-state index contributed by atoms with van der Waals surface area (Å²) in [5.41, 5.74) is 1.14. The van der Waals surface area contributed by atoms with Gasteiger partial charge in [-0.15, -0.1) is 0 Å². The van der Waals surface area contributed by atoms with Crippen LogP contribution in [0.25, 0.3) is 0 Å². The third kappa shape index (κ3) is 5.12. The van der Waals surface area contributed by atoms with E-state index in [4.69, 9.17) is 9.47 Å². The number of carbonyl (C=O) groups is 1. The third-order valence-corrected chi connectivity index (χ3v) is 7.53.